The summed E-state index contributed by atoms with van der Waals surface area (Å²) in [6.07, 6.45) is 0. The first-order valence-corrected chi connectivity index (χ1v) is 7.73. The van der Waals surface area contributed by atoms with Crippen molar-refractivity contribution in [3.63, 3.8) is 0 Å². The molecule has 136 valence electrons. The van der Waals surface area contributed by atoms with Crippen molar-refractivity contribution in [2.24, 2.45) is 12.0 Å². The minimum Gasteiger partial charge on any atom is -0.454 e. The van der Waals surface area contributed by atoms with Crippen LogP contribution in [0.25, 0.3) is 0 Å². The van der Waals surface area contributed by atoms with Crippen molar-refractivity contribution in [1.29, 1.82) is 0 Å². The molecule has 0 radical (unpaired) electrons. The van der Waals surface area contributed by atoms with E-state index in [1.165, 1.54) is 0 Å². The van der Waals surface area contributed by atoms with E-state index in [9.17, 15) is 0 Å². The molecule has 0 amide bonds. The highest BCUT2D eigenvalue weighted by Gasteiger charge is 2.15. The second kappa shape index (κ2) is 8.37. The van der Waals surface area contributed by atoms with Gasteiger partial charge >= 0.3 is 0 Å². The van der Waals surface area contributed by atoms with Gasteiger partial charge in [0, 0.05) is 27.7 Å². The summed E-state index contributed by atoms with van der Waals surface area (Å²) in [7, 11) is 5.70. The molecule has 0 unspecified atom stereocenters. The summed E-state index contributed by atoms with van der Waals surface area (Å²) in [5, 5.41) is 11.5. The average molecular weight is 458 g/mol. The standard InChI is InChI=1S/C16H22N6O2.HI/c1-11-19-20-15(22(11)4)8-18-16(17-2)21(3)9-12-5-6-13-14(7-12)24-10-23-13;/h5-7H,8-10H2,1-4H3,(H,17,18);1H. The number of nitrogens with zero attached hydrogens (tertiary/aromatic N) is 5. The third-order valence-electron chi connectivity index (χ3n) is 4.02. The number of aliphatic imine (C=N–C) groups is 1. The first-order valence-electron chi connectivity index (χ1n) is 7.73. The topological polar surface area (TPSA) is 76.8 Å². The first-order chi connectivity index (χ1) is 11.6. The summed E-state index contributed by atoms with van der Waals surface area (Å²) < 4.78 is 12.7. The van der Waals surface area contributed by atoms with Gasteiger partial charge in [0.05, 0.1) is 6.54 Å². The summed E-state index contributed by atoms with van der Waals surface area (Å²) in [5.41, 5.74) is 1.12. The van der Waals surface area contributed by atoms with Crippen molar-refractivity contribution in [3.05, 3.63) is 35.4 Å². The second-order valence-electron chi connectivity index (χ2n) is 5.67. The smallest absolute Gasteiger partial charge is 0.231 e. The zero-order valence-electron chi connectivity index (χ0n) is 14.8. The molecule has 1 N–H and O–H groups in total. The van der Waals surface area contributed by atoms with Crippen LogP contribution in [0.4, 0.5) is 0 Å². The minimum atomic E-state index is 0. The number of guanidine groups is 1. The molecule has 2 heterocycles. The van der Waals surface area contributed by atoms with E-state index in [4.69, 9.17) is 9.47 Å². The van der Waals surface area contributed by atoms with Crippen molar-refractivity contribution in [2.45, 2.75) is 20.0 Å². The van der Waals surface area contributed by atoms with E-state index in [0.717, 1.165) is 34.7 Å². The zero-order chi connectivity index (χ0) is 17.1. The highest BCUT2D eigenvalue weighted by atomic mass is 127. The maximum atomic E-state index is 5.42. The van der Waals surface area contributed by atoms with Crippen LogP contribution in [0.15, 0.2) is 23.2 Å². The monoisotopic (exact) mass is 458 g/mol. The summed E-state index contributed by atoms with van der Waals surface area (Å²) in [5.74, 6) is 4.12. The van der Waals surface area contributed by atoms with Gasteiger partial charge in [0.25, 0.3) is 0 Å². The summed E-state index contributed by atoms with van der Waals surface area (Å²) in [6, 6.07) is 5.96. The van der Waals surface area contributed by atoms with Crippen LogP contribution in [0.2, 0.25) is 0 Å². The van der Waals surface area contributed by atoms with Gasteiger partial charge in [-0.3, -0.25) is 4.99 Å². The fraction of sp³-hybridized carbons (Fsp3) is 0.438. The molecule has 1 aromatic heterocycles. The van der Waals surface area contributed by atoms with Gasteiger partial charge in [0.1, 0.15) is 5.82 Å². The third kappa shape index (κ3) is 4.33. The lowest BCUT2D eigenvalue weighted by Gasteiger charge is -2.22. The Labute approximate surface area is 164 Å². The quantitative estimate of drug-likeness (QED) is 0.427. The Balaban J connectivity index is 0.00000225. The Morgan fingerprint density at radius 1 is 1.32 bits per heavy atom. The van der Waals surface area contributed by atoms with E-state index in [2.05, 4.69) is 20.5 Å². The molecule has 0 bridgehead atoms. The molecule has 0 saturated carbocycles. The molecule has 0 atom stereocenters. The van der Waals surface area contributed by atoms with Crippen LogP contribution in [0, 0.1) is 6.92 Å². The van der Waals surface area contributed by atoms with Crippen LogP contribution in [-0.4, -0.2) is 46.5 Å². The molecule has 9 heteroatoms. The van der Waals surface area contributed by atoms with E-state index < -0.39 is 0 Å². The van der Waals surface area contributed by atoms with Crippen molar-refractivity contribution in [1.82, 2.24) is 25.0 Å². The number of fused-ring (bicyclic) bond motifs is 1. The van der Waals surface area contributed by atoms with Gasteiger partial charge in [-0.05, 0) is 24.6 Å². The van der Waals surface area contributed by atoms with E-state index >= 15 is 0 Å². The van der Waals surface area contributed by atoms with Crippen LogP contribution >= 0.6 is 24.0 Å². The van der Waals surface area contributed by atoms with Gasteiger partial charge in [-0.25, -0.2) is 0 Å². The Kier molecular flexibility index (Phi) is 6.45. The van der Waals surface area contributed by atoms with Crippen molar-refractivity contribution < 1.29 is 9.47 Å². The van der Waals surface area contributed by atoms with Gasteiger partial charge < -0.3 is 24.3 Å². The summed E-state index contributed by atoms with van der Waals surface area (Å²) in [6.45, 7) is 3.48. The number of hydrogen-bond donors (Lipinski definition) is 1. The maximum absolute atomic E-state index is 5.42. The molecular formula is C16H23IN6O2. The van der Waals surface area contributed by atoms with Gasteiger partial charge in [-0.1, -0.05) is 6.07 Å². The number of rotatable bonds is 4. The van der Waals surface area contributed by atoms with Crippen LogP contribution in [-0.2, 0) is 20.1 Å². The van der Waals surface area contributed by atoms with Gasteiger partial charge in [-0.2, -0.15) is 0 Å². The van der Waals surface area contributed by atoms with Gasteiger partial charge in [0.2, 0.25) is 6.79 Å². The van der Waals surface area contributed by atoms with Crippen molar-refractivity contribution in [2.75, 3.05) is 20.9 Å². The summed E-state index contributed by atoms with van der Waals surface area (Å²) in [4.78, 5) is 6.37. The van der Waals surface area contributed by atoms with E-state index in [1.807, 2.05) is 48.7 Å². The predicted octanol–water partition coefficient (Wildman–Crippen LogP) is 1.68. The number of nitrogens with one attached hydrogen (secondary N) is 1. The highest BCUT2D eigenvalue weighted by molar-refractivity contribution is 14.0. The highest BCUT2D eigenvalue weighted by Crippen LogP contribution is 2.32. The zero-order valence-corrected chi connectivity index (χ0v) is 17.1. The molecule has 8 nitrogen and oxygen atoms in total. The number of halogens is 1. The molecule has 0 fully saturated rings. The van der Waals surface area contributed by atoms with Crippen molar-refractivity contribution in [3.8, 4) is 11.5 Å². The van der Waals surface area contributed by atoms with E-state index in [1.54, 1.807) is 7.05 Å². The third-order valence-corrected chi connectivity index (χ3v) is 4.02. The largest absolute Gasteiger partial charge is 0.454 e. The molecular weight excluding hydrogens is 435 g/mol. The lowest BCUT2D eigenvalue weighted by atomic mass is 10.2. The summed E-state index contributed by atoms with van der Waals surface area (Å²) >= 11 is 0. The van der Waals surface area contributed by atoms with E-state index in [0.29, 0.717) is 13.1 Å². The molecule has 1 aliphatic heterocycles. The predicted molar refractivity (Wildman–Crippen MR) is 105 cm³/mol. The lowest BCUT2D eigenvalue weighted by molar-refractivity contribution is 0.174. The maximum Gasteiger partial charge on any atom is 0.231 e. The fourth-order valence-electron chi connectivity index (χ4n) is 2.54. The number of hydrogen-bond acceptors (Lipinski definition) is 5. The Hall–Kier alpha value is -2.04. The van der Waals surface area contributed by atoms with E-state index in [-0.39, 0.29) is 30.8 Å². The number of benzene rings is 1. The molecule has 1 aliphatic rings. The minimum absolute atomic E-state index is 0. The Morgan fingerprint density at radius 2 is 2.08 bits per heavy atom. The normalized spacial score (nSPS) is 12.7. The first kappa shape index (κ1) is 19.3. The van der Waals surface area contributed by atoms with Crippen LogP contribution in [0.1, 0.15) is 17.2 Å². The Bertz CT molecular complexity index is 761. The average Bonchev–Trinajstić information content (AvgIpc) is 3.16. The van der Waals surface area contributed by atoms with Crippen LogP contribution < -0.4 is 14.8 Å². The molecule has 2 aromatic rings. The number of ether oxygens (including phenoxy) is 2. The molecule has 0 aliphatic carbocycles. The molecule has 25 heavy (non-hydrogen) atoms. The van der Waals surface area contributed by atoms with Gasteiger partial charge in [-0.15, -0.1) is 34.2 Å². The van der Waals surface area contributed by atoms with Crippen LogP contribution in [0.5, 0.6) is 11.5 Å². The second-order valence-corrected chi connectivity index (χ2v) is 5.67. The van der Waals surface area contributed by atoms with Crippen LogP contribution in [0.3, 0.4) is 0 Å². The molecule has 0 saturated heterocycles. The molecule has 3 rings (SSSR count). The van der Waals surface area contributed by atoms with Crippen molar-refractivity contribution >= 4 is 29.9 Å². The molecule has 1 aromatic carbocycles. The fourth-order valence-corrected chi connectivity index (χ4v) is 2.54. The number of aryl methyl sites for hydroxylation is 1. The van der Waals surface area contributed by atoms with Gasteiger partial charge in [0.15, 0.2) is 23.3 Å². The SMILES string of the molecule is CN=C(NCc1nnc(C)n1C)N(C)Cc1ccc2c(c1)OCO2.I. The molecule has 0 spiro atoms. The number of aromatic nitrogens is 3. The lowest BCUT2D eigenvalue weighted by Crippen LogP contribution is -2.38. The Morgan fingerprint density at radius 3 is 2.76 bits per heavy atom.